The van der Waals surface area contributed by atoms with Crippen LogP contribution in [0.1, 0.15) is 17.4 Å². The summed E-state index contributed by atoms with van der Waals surface area (Å²) in [5.74, 6) is -0.946. The van der Waals surface area contributed by atoms with Gasteiger partial charge in [-0.05, 0) is 6.92 Å². The SMILES string of the molecule is CCN(CC(=O)OC)C(=O)c1c[nH]c(=O)cn1. The molecule has 0 spiro atoms. The number of rotatable bonds is 4. The van der Waals surface area contributed by atoms with Gasteiger partial charge in [-0.3, -0.25) is 14.4 Å². The minimum Gasteiger partial charge on any atom is -0.468 e. The number of H-pyrrole nitrogens is 1. The number of aromatic amines is 1. The molecule has 0 aliphatic rings. The number of aromatic nitrogens is 2. The molecule has 0 unspecified atom stereocenters. The van der Waals surface area contributed by atoms with Crippen LogP contribution in [0.4, 0.5) is 0 Å². The maximum atomic E-state index is 11.9. The van der Waals surface area contributed by atoms with E-state index >= 15 is 0 Å². The van der Waals surface area contributed by atoms with Crippen LogP contribution in [-0.2, 0) is 9.53 Å². The number of nitrogens with zero attached hydrogens (tertiary/aromatic N) is 2. The molecule has 92 valence electrons. The van der Waals surface area contributed by atoms with Crippen molar-refractivity contribution in [2.45, 2.75) is 6.92 Å². The zero-order valence-corrected chi connectivity index (χ0v) is 9.60. The molecule has 0 saturated carbocycles. The van der Waals surface area contributed by atoms with Gasteiger partial charge in [-0.25, -0.2) is 4.98 Å². The highest BCUT2D eigenvalue weighted by molar-refractivity contribution is 5.93. The third kappa shape index (κ3) is 3.40. The Labute approximate surface area is 97.4 Å². The van der Waals surface area contributed by atoms with Crippen LogP contribution in [-0.4, -0.2) is 46.9 Å². The lowest BCUT2D eigenvalue weighted by Crippen LogP contribution is -2.36. The van der Waals surface area contributed by atoms with Crippen LogP contribution in [0.15, 0.2) is 17.2 Å². The van der Waals surface area contributed by atoms with Crippen LogP contribution in [0, 0.1) is 0 Å². The van der Waals surface area contributed by atoms with Gasteiger partial charge in [0.2, 0.25) is 0 Å². The van der Waals surface area contributed by atoms with E-state index in [0.717, 1.165) is 6.20 Å². The normalized spacial score (nSPS) is 9.76. The average molecular weight is 239 g/mol. The standard InChI is InChI=1S/C10H13N3O4/c1-3-13(6-9(15)17-2)10(16)7-4-12-8(14)5-11-7/h4-5H,3,6H2,1-2H3,(H,12,14). The highest BCUT2D eigenvalue weighted by atomic mass is 16.5. The van der Waals surface area contributed by atoms with E-state index in [2.05, 4.69) is 14.7 Å². The summed E-state index contributed by atoms with van der Waals surface area (Å²) in [4.78, 5) is 41.0. The monoisotopic (exact) mass is 239 g/mol. The Kier molecular flexibility index (Phi) is 4.38. The van der Waals surface area contributed by atoms with Crippen molar-refractivity contribution in [2.24, 2.45) is 0 Å². The quantitative estimate of drug-likeness (QED) is 0.708. The number of carbonyl (C=O) groups is 2. The predicted molar refractivity (Wildman–Crippen MR) is 58.5 cm³/mol. The van der Waals surface area contributed by atoms with Gasteiger partial charge in [-0.15, -0.1) is 0 Å². The van der Waals surface area contributed by atoms with Gasteiger partial charge in [0.05, 0.1) is 13.3 Å². The molecule has 17 heavy (non-hydrogen) atoms. The summed E-state index contributed by atoms with van der Waals surface area (Å²) in [6.45, 7) is 1.92. The Morgan fingerprint density at radius 2 is 2.24 bits per heavy atom. The first-order chi connectivity index (χ1) is 8.08. The van der Waals surface area contributed by atoms with Crippen molar-refractivity contribution in [1.29, 1.82) is 0 Å². The fourth-order valence-corrected chi connectivity index (χ4v) is 1.17. The summed E-state index contributed by atoms with van der Waals surface area (Å²) in [5.41, 5.74) is -0.312. The maximum Gasteiger partial charge on any atom is 0.325 e. The number of carbonyl (C=O) groups excluding carboxylic acids is 2. The molecular formula is C10H13N3O4. The molecule has 1 aromatic heterocycles. The second kappa shape index (κ2) is 5.78. The van der Waals surface area contributed by atoms with E-state index in [9.17, 15) is 14.4 Å². The van der Waals surface area contributed by atoms with Gasteiger partial charge in [0, 0.05) is 12.7 Å². The van der Waals surface area contributed by atoms with Crippen molar-refractivity contribution in [3.05, 3.63) is 28.4 Å². The van der Waals surface area contributed by atoms with E-state index in [1.165, 1.54) is 18.2 Å². The van der Waals surface area contributed by atoms with E-state index in [0.29, 0.717) is 6.54 Å². The highest BCUT2D eigenvalue weighted by Gasteiger charge is 2.18. The van der Waals surface area contributed by atoms with Crippen molar-refractivity contribution in [1.82, 2.24) is 14.9 Å². The Balaban J connectivity index is 2.82. The Morgan fingerprint density at radius 3 is 2.71 bits per heavy atom. The van der Waals surface area contributed by atoms with Crippen molar-refractivity contribution in [3.8, 4) is 0 Å². The summed E-state index contributed by atoms with van der Waals surface area (Å²) >= 11 is 0. The molecule has 7 nitrogen and oxygen atoms in total. The summed E-state index contributed by atoms with van der Waals surface area (Å²) in [5, 5.41) is 0. The van der Waals surface area contributed by atoms with Crippen LogP contribution in [0.2, 0.25) is 0 Å². The van der Waals surface area contributed by atoms with Crippen LogP contribution in [0.5, 0.6) is 0 Å². The van der Waals surface area contributed by atoms with Gasteiger partial charge in [-0.1, -0.05) is 0 Å². The van der Waals surface area contributed by atoms with Crippen molar-refractivity contribution in [3.63, 3.8) is 0 Å². The molecule has 0 aliphatic carbocycles. The Morgan fingerprint density at radius 1 is 1.53 bits per heavy atom. The van der Waals surface area contributed by atoms with Gasteiger partial charge in [0.15, 0.2) is 0 Å². The molecule has 0 atom stereocenters. The van der Waals surface area contributed by atoms with Crippen LogP contribution >= 0.6 is 0 Å². The number of methoxy groups -OCH3 is 1. The molecule has 0 saturated heterocycles. The number of hydrogen-bond donors (Lipinski definition) is 1. The summed E-state index contributed by atoms with van der Waals surface area (Å²) < 4.78 is 4.48. The van der Waals surface area contributed by atoms with E-state index < -0.39 is 17.4 Å². The predicted octanol–water partition coefficient (Wildman–Crippen LogP) is -0.595. The molecule has 1 rings (SSSR count). The number of nitrogens with one attached hydrogen (secondary N) is 1. The first-order valence-corrected chi connectivity index (χ1v) is 4.99. The Bertz CT molecular complexity index is 448. The zero-order chi connectivity index (χ0) is 12.8. The first kappa shape index (κ1) is 12.9. The van der Waals surface area contributed by atoms with Gasteiger partial charge in [-0.2, -0.15) is 0 Å². The molecule has 0 aromatic carbocycles. The summed E-state index contributed by atoms with van der Waals surface area (Å²) in [6, 6.07) is 0. The van der Waals surface area contributed by atoms with Gasteiger partial charge < -0.3 is 14.6 Å². The molecule has 1 N–H and O–H groups in total. The fourth-order valence-electron chi connectivity index (χ4n) is 1.17. The van der Waals surface area contributed by atoms with Crippen molar-refractivity contribution >= 4 is 11.9 Å². The molecule has 0 radical (unpaired) electrons. The maximum absolute atomic E-state index is 11.9. The fraction of sp³-hybridized carbons (Fsp3) is 0.400. The lowest BCUT2D eigenvalue weighted by Gasteiger charge is -2.18. The van der Waals surface area contributed by atoms with E-state index in [1.54, 1.807) is 6.92 Å². The third-order valence-electron chi connectivity index (χ3n) is 2.11. The van der Waals surface area contributed by atoms with E-state index in [-0.39, 0.29) is 12.2 Å². The highest BCUT2D eigenvalue weighted by Crippen LogP contribution is 1.99. The average Bonchev–Trinajstić information content (AvgIpc) is 2.35. The number of amides is 1. The molecule has 1 heterocycles. The van der Waals surface area contributed by atoms with Crippen molar-refractivity contribution < 1.29 is 14.3 Å². The second-order valence-electron chi connectivity index (χ2n) is 3.19. The van der Waals surface area contributed by atoms with E-state index in [1.807, 2.05) is 0 Å². The molecular weight excluding hydrogens is 226 g/mol. The lowest BCUT2D eigenvalue weighted by atomic mass is 10.3. The minimum absolute atomic E-state index is 0.0790. The summed E-state index contributed by atoms with van der Waals surface area (Å²) in [6.07, 6.45) is 2.23. The smallest absolute Gasteiger partial charge is 0.325 e. The van der Waals surface area contributed by atoms with Gasteiger partial charge in [0.25, 0.3) is 11.5 Å². The molecule has 1 aromatic rings. The number of hydrogen-bond acceptors (Lipinski definition) is 5. The van der Waals surface area contributed by atoms with Crippen molar-refractivity contribution in [2.75, 3.05) is 20.2 Å². The van der Waals surface area contributed by atoms with Crippen LogP contribution in [0.25, 0.3) is 0 Å². The van der Waals surface area contributed by atoms with Crippen LogP contribution in [0.3, 0.4) is 0 Å². The largest absolute Gasteiger partial charge is 0.468 e. The summed E-state index contributed by atoms with van der Waals surface area (Å²) in [7, 11) is 1.25. The van der Waals surface area contributed by atoms with E-state index in [4.69, 9.17) is 0 Å². The Hall–Kier alpha value is -2.18. The molecule has 1 amide bonds. The molecule has 0 bridgehead atoms. The van der Waals surface area contributed by atoms with Gasteiger partial charge >= 0.3 is 5.97 Å². The second-order valence-corrected chi connectivity index (χ2v) is 3.19. The third-order valence-corrected chi connectivity index (χ3v) is 2.11. The zero-order valence-electron chi connectivity index (χ0n) is 9.60. The number of ether oxygens (including phenoxy) is 1. The van der Waals surface area contributed by atoms with Gasteiger partial charge in [0.1, 0.15) is 12.2 Å². The topological polar surface area (TPSA) is 92.4 Å². The number of likely N-dealkylation sites (N-methyl/N-ethyl adjacent to an activating group) is 1. The minimum atomic E-state index is -0.510. The lowest BCUT2D eigenvalue weighted by molar-refractivity contribution is -0.141. The molecule has 0 aliphatic heterocycles. The van der Waals surface area contributed by atoms with Crippen LogP contribution < -0.4 is 5.56 Å². The molecule has 7 heteroatoms. The number of esters is 1. The molecule has 0 fully saturated rings. The first-order valence-electron chi connectivity index (χ1n) is 4.99.